The van der Waals surface area contributed by atoms with Crippen LogP contribution in [0.2, 0.25) is 0 Å². The second kappa shape index (κ2) is 6.29. The summed E-state index contributed by atoms with van der Waals surface area (Å²) < 4.78 is 5.25. The highest BCUT2D eigenvalue weighted by Crippen LogP contribution is 2.48. The summed E-state index contributed by atoms with van der Waals surface area (Å²) >= 11 is 0. The summed E-state index contributed by atoms with van der Waals surface area (Å²) in [5.41, 5.74) is 0.836. The zero-order valence-corrected chi connectivity index (χ0v) is 13.3. The van der Waals surface area contributed by atoms with Gasteiger partial charge in [-0.05, 0) is 55.8 Å². The number of hydrogen-bond donors (Lipinski definition) is 1. The van der Waals surface area contributed by atoms with Crippen molar-refractivity contribution in [2.75, 3.05) is 26.7 Å². The average Bonchev–Trinajstić information content (AvgIpc) is 3.05. The number of rotatable bonds is 6. The van der Waals surface area contributed by atoms with Crippen LogP contribution in [-0.4, -0.2) is 42.7 Å². The van der Waals surface area contributed by atoms with Gasteiger partial charge in [-0.1, -0.05) is 18.6 Å². The zero-order chi connectivity index (χ0) is 15.6. The number of ether oxygens (including phenoxy) is 1. The largest absolute Gasteiger partial charge is 0.497 e. The first-order chi connectivity index (χ1) is 10.6. The molecule has 0 radical (unpaired) electrons. The van der Waals surface area contributed by atoms with Crippen molar-refractivity contribution in [2.24, 2.45) is 11.3 Å². The molecule has 22 heavy (non-hydrogen) atoms. The number of nitrogens with zero attached hydrogens (tertiary/aromatic N) is 1. The predicted molar refractivity (Wildman–Crippen MR) is 85.2 cm³/mol. The van der Waals surface area contributed by atoms with Gasteiger partial charge in [0, 0.05) is 13.1 Å². The number of hydrogen-bond acceptors (Lipinski definition) is 3. The lowest BCUT2D eigenvalue weighted by atomic mass is 9.81. The third-order valence-electron chi connectivity index (χ3n) is 5.44. The molecular formula is C18H25NO3. The monoisotopic (exact) mass is 303 g/mol. The van der Waals surface area contributed by atoms with Gasteiger partial charge in [-0.15, -0.1) is 0 Å². The van der Waals surface area contributed by atoms with Crippen LogP contribution in [0.5, 0.6) is 5.75 Å². The van der Waals surface area contributed by atoms with E-state index in [4.69, 9.17) is 4.74 Å². The Labute approximate surface area is 132 Å². The summed E-state index contributed by atoms with van der Waals surface area (Å²) in [5.74, 6) is 0.685. The summed E-state index contributed by atoms with van der Waals surface area (Å²) in [7, 11) is 1.69. The Morgan fingerprint density at radius 2 is 2.36 bits per heavy atom. The fourth-order valence-electron chi connectivity index (χ4n) is 4.25. The van der Waals surface area contributed by atoms with E-state index in [-0.39, 0.29) is 0 Å². The first-order valence-corrected chi connectivity index (χ1v) is 8.23. The van der Waals surface area contributed by atoms with E-state index in [1.807, 2.05) is 12.1 Å². The molecule has 2 atom stereocenters. The minimum absolute atomic E-state index is 0.363. The van der Waals surface area contributed by atoms with E-state index in [1.54, 1.807) is 7.11 Å². The lowest BCUT2D eigenvalue weighted by Crippen LogP contribution is -2.35. The van der Waals surface area contributed by atoms with Crippen molar-refractivity contribution in [3.8, 4) is 5.75 Å². The van der Waals surface area contributed by atoms with E-state index in [2.05, 4.69) is 17.0 Å². The molecule has 3 rings (SSSR count). The molecule has 0 unspecified atom stereocenters. The van der Waals surface area contributed by atoms with Gasteiger partial charge in [-0.2, -0.15) is 0 Å². The molecule has 4 nitrogen and oxygen atoms in total. The van der Waals surface area contributed by atoms with Crippen molar-refractivity contribution in [1.82, 2.24) is 4.90 Å². The van der Waals surface area contributed by atoms with Gasteiger partial charge < -0.3 is 14.7 Å². The third kappa shape index (κ3) is 2.84. The van der Waals surface area contributed by atoms with Crippen LogP contribution in [0.4, 0.5) is 0 Å². The van der Waals surface area contributed by atoms with Crippen LogP contribution in [0.3, 0.4) is 0 Å². The molecule has 1 aromatic rings. The molecule has 2 aliphatic rings. The predicted octanol–water partition coefficient (Wildman–Crippen LogP) is 2.81. The smallest absolute Gasteiger partial charge is 0.311 e. The highest BCUT2D eigenvalue weighted by molar-refractivity contribution is 5.76. The summed E-state index contributed by atoms with van der Waals surface area (Å²) in [6, 6.07) is 8.19. The molecule has 1 heterocycles. The van der Waals surface area contributed by atoms with E-state index in [0.717, 1.165) is 57.5 Å². The molecule has 120 valence electrons. The van der Waals surface area contributed by atoms with E-state index < -0.39 is 11.4 Å². The number of carboxylic acid groups (broad SMARTS) is 1. The first kappa shape index (κ1) is 15.3. The number of benzene rings is 1. The van der Waals surface area contributed by atoms with Gasteiger partial charge in [-0.3, -0.25) is 4.79 Å². The Hall–Kier alpha value is -1.55. The van der Waals surface area contributed by atoms with Crippen LogP contribution in [0.15, 0.2) is 24.3 Å². The molecule has 1 N–H and O–H groups in total. The molecular weight excluding hydrogens is 278 g/mol. The van der Waals surface area contributed by atoms with Crippen LogP contribution in [0.1, 0.15) is 31.2 Å². The summed E-state index contributed by atoms with van der Waals surface area (Å²) in [5, 5.41) is 9.61. The Bertz CT molecular complexity index is 545. The fourth-order valence-corrected chi connectivity index (χ4v) is 4.25. The average molecular weight is 303 g/mol. The maximum atomic E-state index is 11.7. The molecule has 0 bridgehead atoms. The number of methoxy groups -OCH3 is 1. The summed E-state index contributed by atoms with van der Waals surface area (Å²) in [6.45, 7) is 2.69. The number of carboxylic acids is 1. The number of carbonyl (C=O) groups is 1. The molecule has 0 amide bonds. The molecule has 1 saturated heterocycles. The Morgan fingerprint density at radius 1 is 1.50 bits per heavy atom. The van der Waals surface area contributed by atoms with Gasteiger partial charge in [0.1, 0.15) is 5.75 Å². The topological polar surface area (TPSA) is 49.8 Å². The highest BCUT2D eigenvalue weighted by atomic mass is 16.5. The van der Waals surface area contributed by atoms with Gasteiger partial charge in [0.05, 0.1) is 12.5 Å². The summed E-state index contributed by atoms with van der Waals surface area (Å²) in [6.07, 6.45) is 5.10. The maximum absolute atomic E-state index is 11.7. The number of aliphatic carboxylic acids is 1. The molecule has 1 aromatic carbocycles. The SMILES string of the molecule is COc1cccc(CCCN2C[C@@H]3CCC[C@@]3(C(=O)O)C2)c1. The molecule has 4 heteroatoms. The van der Waals surface area contributed by atoms with E-state index in [1.165, 1.54) is 5.56 Å². The lowest BCUT2D eigenvalue weighted by Gasteiger charge is -2.23. The molecule has 2 fully saturated rings. The number of likely N-dealkylation sites (tertiary alicyclic amines) is 1. The number of aryl methyl sites for hydroxylation is 1. The van der Waals surface area contributed by atoms with Crippen LogP contribution < -0.4 is 4.74 Å². The lowest BCUT2D eigenvalue weighted by molar-refractivity contribution is -0.149. The van der Waals surface area contributed by atoms with Crippen molar-refractivity contribution in [3.05, 3.63) is 29.8 Å². The quantitative estimate of drug-likeness (QED) is 0.878. The minimum Gasteiger partial charge on any atom is -0.497 e. The van der Waals surface area contributed by atoms with Gasteiger partial charge in [0.15, 0.2) is 0 Å². The molecule has 1 aliphatic carbocycles. The van der Waals surface area contributed by atoms with Crippen molar-refractivity contribution in [3.63, 3.8) is 0 Å². The van der Waals surface area contributed by atoms with Gasteiger partial charge in [0.25, 0.3) is 0 Å². The Balaban J connectivity index is 1.52. The van der Waals surface area contributed by atoms with Crippen LogP contribution >= 0.6 is 0 Å². The van der Waals surface area contributed by atoms with Crippen molar-refractivity contribution in [1.29, 1.82) is 0 Å². The van der Waals surface area contributed by atoms with E-state index in [9.17, 15) is 9.90 Å². The van der Waals surface area contributed by atoms with Gasteiger partial charge in [0.2, 0.25) is 0 Å². The molecule has 0 aromatic heterocycles. The number of fused-ring (bicyclic) bond motifs is 1. The molecule has 1 saturated carbocycles. The second-order valence-electron chi connectivity index (χ2n) is 6.74. The molecule has 1 aliphatic heterocycles. The highest BCUT2D eigenvalue weighted by Gasteiger charge is 2.54. The van der Waals surface area contributed by atoms with Gasteiger partial charge in [-0.25, -0.2) is 0 Å². The summed E-state index contributed by atoms with van der Waals surface area (Å²) in [4.78, 5) is 14.0. The van der Waals surface area contributed by atoms with Crippen LogP contribution in [0, 0.1) is 11.3 Å². The molecule has 0 spiro atoms. The normalized spacial score (nSPS) is 27.8. The zero-order valence-electron chi connectivity index (χ0n) is 13.3. The fraction of sp³-hybridized carbons (Fsp3) is 0.611. The minimum atomic E-state index is -0.578. The van der Waals surface area contributed by atoms with Crippen LogP contribution in [0.25, 0.3) is 0 Å². The third-order valence-corrected chi connectivity index (χ3v) is 5.44. The standard InChI is InChI=1S/C18H25NO3/c1-22-16-8-2-5-14(11-16)6-4-10-19-12-15-7-3-9-18(15,13-19)17(20)21/h2,5,8,11,15H,3-4,6-7,9-10,12-13H2,1H3,(H,20,21)/t15-,18+/m0/s1. The van der Waals surface area contributed by atoms with Gasteiger partial charge >= 0.3 is 5.97 Å². The van der Waals surface area contributed by atoms with Crippen LogP contribution in [-0.2, 0) is 11.2 Å². The first-order valence-electron chi connectivity index (χ1n) is 8.23. The van der Waals surface area contributed by atoms with E-state index in [0.29, 0.717) is 5.92 Å². The van der Waals surface area contributed by atoms with E-state index >= 15 is 0 Å². The van der Waals surface area contributed by atoms with Crippen molar-refractivity contribution >= 4 is 5.97 Å². The Kier molecular flexibility index (Phi) is 4.39. The second-order valence-corrected chi connectivity index (χ2v) is 6.74. The maximum Gasteiger partial charge on any atom is 0.311 e. The van der Waals surface area contributed by atoms with Crippen molar-refractivity contribution in [2.45, 2.75) is 32.1 Å². The van der Waals surface area contributed by atoms with Crippen molar-refractivity contribution < 1.29 is 14.6 Å². The Morgan fingerprint density at radius 3 is 3.09 bits per heavy atom.